The van der Waals surface area contributed by atoms with Crippen LogP contribution in [0.4, 0.5) is 34.9 Å². The van der Waals surface area contributed by atoms with Crippen molar-refractivity contribution in [2.75, 3.05) is 17.7 Å². The van der Waals surface area contributed by atoms with Gasteiger partial charge < -0.3 is 20.5 Å². The minimum Gasteiger partial charge on any atom is -0.478 e. The third-order valence-electron chi connectivity index (χ3n) is 5.36. The number of nitrogens with zero attached hydrogens (tertiary/aromatic N) is 5. The molecule has 3 N–H and O–H groups in total. The molecule has 0 spiro atoms. The fraction of sp³-hybridized carbons (Fsp3) is 0.240. The first-order chi connectivity index (χ1) is 18.5. The molecule has 14 heteroatoms. The standard InChI is InChI=1S/C25H23F4N7O3/c1-14(37)12-36-13-21(23(35-36)39-2)34-24-31-8-17(9-32-24)15-3-4-16(20(26)5-15)6-22(38)33-19-7-18(10-30-11-19)25(27,28)29/h3-5,7-11,13-14,37H,6,12H2,1-2H3,(H,33,38)(H,31,32,34)/t14-/m0/s1. The van der Waals surface area contributed by atoms with Crippen LogP contribution in [0, 0.1) is 5.82 Å². The smallest absolute Gasteiger partial charge is 0.417 e. The maximum absolute atomic E-state index is 14.8. The monoisotopic (exact) mass is 545 g/mol. The molecule has 0 saturated heterocycles. The maximum atomic E-state index is 14.8. The van der Waals surface area contributed by atoms with Gasteiger partial charge in [-0.25, -0.2) is 14.4 Å². The number of aromatic nitrogens is 5. The number of alkyl halides is 3. The Labute approximate surface area is 219 Å². The number of anilines is 3. The number of ether oxygens (including phenoxy) is 1. The fourth-order valence-electron chi connectivity index (χ4n) is 3.58. The number of aliphatic hydroxyl groups is 1. The second-order valence-electron chi connectivity index (χ2n) is 8.53. The fourth-order valence-corrected chi connectivity index (χ4v) is 3.58. The van der Waals surface area contributed by atoms with Crippen LogP contribution in [-0.4, -0.2) is 49.0 Å². The third-order valence-corrected chi connectivity index (χ3v) is 5.36. The summed E-state index contributed by atoms with van der Waals surface area (Å²) in [6.45, 7) is 1.90. The number of amides is 1. The summed E-state index contributed by atoms with van der Waals surface area (Å²) in [6.07, 6.45) is 0.694. The molecule has 0 saturated carbocycles. The number of hydrogen-bond acceptors (Lipinski definition) is 8. The lowest BCUT2D eigenvalue weighted by Crippen LogP contribution is -2.16. The van der Waals surface area contributed by atoms with E-state index < -0.39 is 36.0 Å². The molecular weight excluding hydrogens is 522 g/mol. The molecule has 204 valence electrons. The normalized spacial score (nSPS) is 12.2. The van der Waals surface area contributed by atoms with Gasteiger partial charge in [-0.15, -0.1) is 5.10 Å². The molecular formula is C25H23F4N7O3. The quantitative estimate of drug-likeness (QED) is 0.267. The van der Waals surface area contributed by atoms with E-state index in [2.05, 4.69) is 30.7 Å². The van der Waals surface area contributed by atoms with Crippen LogP contribution in [0.25, 0.3) is 11.1 Å². The number of benzene rings is 1. The molecule has 1 atom stereocenters. The molecule has 0 aliphatic carbocycles. The summed E-state index contributed by atoms with van der Waals surface area (Å²) in [6, 6.07) is 4.94. The van der Waals surface area contributed by atoms with Gasteiger partial charge in [-0.3, -0.25) is 14.5 Å². The van der Waals surface area contributed by atoms with E-state index in [0.29, 0.717) is 23.0 Å². The van der Waals surface area contributed by atoms with Crippen LogP contribution in [0.3, 0.4) is 0 Å². The average Bonchev–Trinajstić information content (AvgIpc) is 3.25. The van der Waals surface area contributed by atoms with Gasteiger partial charge in [-0.2, -0.15) is 13.2 Å². The summed E-state index contributed by atoms with van der Waals surface area (Å²) < 4.78 is 60.0. The molecule has 0 fully saturated rings. The van der Waals surface area contributed by atoms with E-state index in [1.807, 2.05) is 0 Å². The van der Waals surface area contributed by atoms with Crippen molar-refractivity contribution in [3.8, 4) is 17.0 Å². The first-order valence-electron chi connectivity index (χ1n) is 11.5. The number of nitrogens with one attached hydrogen (secondary N) is 2. The molecule has 4 rings (SSSR count). The van der Waals surface area contributed by atoms with Gasteiger partial charge in [0.05, 0.1) is 49.8 Å². The van der Waals surface area contributed by atoms with Crippen LogP contribution >= 0.6 is 0 Å². The minimum atomic E-state index is -4.61. The SMILES string of the molecule is COc1nn(C[C@H](C)O)cc1Nc1ncc(-c2ccc(CC(=O)Nc3cncc(C(F)(F)F)c3)c(F)c2)cn1. The van der Waals surface area contributed by atoms with E-state index in [1.54, 1.807) is 19.2 Å². The van der Waals surface area contributed by atoms with Gasteiger partial charge >= 0.3 is 6.18 Å². The van der Waals surface area contributed by atoms with Crippen molar-refractivity contribution in [1.29, 1.82) is 0 Å². The Morgan fingerprint density at radius 2 is 1.87 bits per heavy atom. The Morgan fingerprint density at radius 1 is 1.13 bits per heavy atom. The first-order valence-corrected chi connectivity index (χ1v) is 11.5. The Morgan fingerprint density at radius 3 is 2.51 bits per heavy atom. The van der Waals surface area contributed by atoms with Crippen LogP contribution in [-0.2, 0) is 23.9 Å². The van der Waals surface area contributed by atoms with Gasteiger partial charge in [0.2, 0.25) is 11.9 Å². The second kappa shape index (κ2) is 11.4. The van der Waals surface area contributed by atoms with Crippen LogP contribution in [0.2, 0.25) is 0 Å². The van der Waals surface area contributed by atoms with E-state index in [4.69, 9.17) is 4.74 Å². The summed E-state index contributed by atoms with van der Waals surface area (Å²) in [5, 5.41) is 19.0. The van der Waals surface area contributed by atoms with E-state index >= 15 is 0 Å². The van der Waals surface area contributed by atoms with Crippen LogP contribution < -0.4 is 15.4 Å². The molecule has 1 aromatic carbocycles. The van der Waals surface area contributed by atoms with E-state index in [1.165, 1.54) is 36.3 Å². The van der Waals surface area contributed by atoms with Gasteiger partial charge in [0.15, 0.2) is 0 Å². The number of carbonyl (C=O) groups excluding carboxylic acids is 1. The van der Waals surface area contributed by atoms with Crippen molar-refractivity contribution in [1.82, 2.24) is 24.7 Å². The van der Waals surface area contributed by atoms with E-state index in [9.17, 15) is 27.5 Å². The van der Waals surface area contributed by atoms with Crippen molar-refractivity contribution in [2.45, 2.75) is 32.2 Å². The Bertz CT molecular complexity index is 1460. The molecule has 0 bridgehead atoms. The average molecular weight is 545 g/mol. The Hall–Kier alpha value is -4.59. The Kier molecular flexibility index (Phi) is 8.04. The van der Waals surface area contributed by atoms with Gasteiger partial charge in [0.25, 0.3) is 5.88 Å². The number of hydrogen-bond donors (Lipinski definition) is 3. The van der Waals surface area contributed by atoms with Gasteiger partial charge in [0.1, 0.15) is 11.5 Å². The van der Waals surface area contributed by atoms with Crippen molar-refractivity contribution in [3.63, 3.8) is 0 Å². The number of carbonyl (C=O) groups is 1. The zero-order valence-electron chi connectivity index (χ0n) is 20.7. The molecule has 4 aromatic rings. The van der Waals surface area contributed by atoms with Crippen molar-refractivity contribution >= 4 is 23.2 Å². The predicted molar refractivity (Wildman–Crippen MR) is 133 cm³/mol. The van der Waals surface area contributed by atoms with Crippen molar-refractivity contribution in [2.24, 2.45) is 0 Å². The molecule has 1 amide bonds. The number of aliphatic hydroxyl groups excluding tert-OH is 1. The highest BCUT2D eigenvalue weighted by molar-refractivity contribution is 5.92. The number of pyridine rings is 1. The van der Waals surface area contributed by atoms with Gasteiger partial charge in [-0.1, -0.05) is 12.1 Å². The lowest BCUT2D eigenvalue weighted by atomic mass is 10.0. The van der Waals surface area contributed by atoms with Crippen LogP contribution in [0.1, 0.15) is 18.1 Å². The molecule has 0 radical (unpaired) electrons. The Balaban J connectivity index is 1.41. The zero-order valence-corrected chi connectivity index (χ0v) is 20.7. The lowest BCUT2D eigenvalue weighted by molar-refractivity contribution is -0.137. The van der Waals surface area contributed by atoms with Gasteiger partial charge in [0, 0.05) is 24.2 Å². The third kappa shape index (κ3) is 7.04. The highest BCUT2D eigenvalue weighted by atomic mass is 19.4. The molecule has 39 heavy (non-hydrogen) atoms. The molecule has 10 nitrogen and oxygen atoms in total. The van der Waals surface area contributed by atoms with Crippen LogP contribution in [0.5, 0.6) is 5.88 Å². The summed E-state index contributed by atoms with van der Waals surface area (Å²) >= 11 is 0. The summed E-state index contributed by atoms with van der Waals surface area (Å²) in [5.41, 5.74) is 0.336. The summed E-state index contributed by atoms with van der Waals surface area (Å²) in [4.78, 5) is 24.2. The minimum absolute atomic E-state index is 0.0525. The van der Waals surface area contributed by atoms with Crippen LogP contribution in [0.15, 0.2) is 55.2 Å². The highest BCUT2D eigenvalue weighted by Crippen LogP contribution is 2.30. The molecule has 3 heterocycles. The summed E-state index contributed by atoms with van der Waals surface area (Å²) in [5.74, 6) is -0.864. The topological polar surface area (TPSA) is 127 Å². The second-order valence-corrected chi connectivity index (χ2v) is 8.53. The summed E-state index contributed by atoms with van der Waals surface area (Å²) in [7, 11) is 1.45. The van der Waals surface area contributed by atoms with Crippen molar-refractivity contribution in [3.05, 3.63) is 72.2 Å². The van der Waals surface area contributed by atoms with E-state index in [-0.39, 0.29) is 29.6 Å². The molecule has 0 aliphatic rings. The van der Waals surface area contributed by atoms with E-state index in [0.717, 1.165) is 12.3 Å². The lowest BCUT2D eigenvalue weighted by Gasteiger charge is -2.10. The molecule has 0 unspecified atom stereocenters. The molecule has 3 aromatic heterocycles. The maximum Gasteiger partial charge on any atom is 0.417 e. The number of methoxy groups -OCH3 is 1. The zero-order chi connectivity index (χ0) is 28.2. The van der Waals surface area contributed by atoms with Gasteiger partial charge in [-0.05, 0) is 30.2 Å². The number of rotatable bonds is 9. The predicted octanol–water partition coefficient (Wildman–Crippen LogP) is 4.21. The molecule has 0 aliphatic heterocycles. The highest BCUT2D eigenvalue weighted by Gasteiger charge is 2.31. The first kappa shape index (κ1) is 27.4. The number of halogens is 4. The largest absolute Gasteiger partial charge is 0.478 e. The van der Waals surface area contributed by atoms with Crippen molar-refractivity contribution < 1.29 is 32.2 Å².